The first-order valence-corrected chi connectivity index (χ1v) is 7.84. The molecule has 0 radical (unpaired) electrons. The van der Waals surface area contributed by atoms with Crippen molar-refractivity contribution in [3.05, 3.63) is 57.3 Å². The molecule has 0 aliphatic heterocycles. The number of hydrogen-bond donors (Lipinski definition) is 1. The summed E-state index contributed by atoms with van der Waals surface area (Å²) in [5, 5.41) is 11.5. The van der Waals surface area contributed by atoms with Crippen LogP contribution in [0.4, 0.5) is 18.9 Å². The van der Waals surface area contributed by atoms with Crippen LogP contribution in [0.25, 0.3) is 6.08 Å². The fourth-order valence-electron chi connectivity index (χ4n) is 1.92. The smallest absolute Gasteiger partial charge is 0.321 e. The minimum Gasteiger partial charge on any atom is -0.321 e. The molecule has 0 fully saturated rings. The topological polar surface area (TPSA) is 52.9 Å². The molecule has 7 heteroatoms. The van der Waals surface area contributed by atoms with Crippen LogP contribution < -0.4 is 5.32 Å². The molecule has 0 aliphatic rings. The lowest BCUT2D eigenvalue weighted by Gasteiger charge is -2.09. The maximum absolute atomic E-state index is 12.7. The van der Waals surface area contributed by atoms with Crippen LogP contribution in [0.5, 0.6) is 0 Å². The van der Waals surface area contributed by atoms with Crippen molar-refractivity contribution < 1.29 is 18.0 Å². The Labute approximate surface area is 141 Å². The van der Waals surface area contributed by atoms with Crippen molar-refractivity contribution in [2.24, 2.45) is 0 Å². The number of hydrogen-bond acceptors (Lipinski definition) is 3. The highest BCUT2D eigenvalue weighted by Gasteiger charge is 2.30. The Morgan fingerprint density at radius 1 is 1.33 bits per heavy atom. The summed E-state index contributed by atoms with van der Waals surface area (Å²) in [6, 6.07) is 9.73. The highest BCUT2D eigenvalue weighted by atomic mass is 32.1. The van der Waals surface area contributed by atoms with Gasteiger partial charge in [-0.25, -0.2) is 0 Å². The Balaban J connectivity index is 2.20. The van der Waals surface area contributed by atoms with Gasteiger partial charge in [0.1, 0.15) is 11.6 Å². The number of rotatable bonds is 4. The van der Waals surface area contributed by atoms with Gasteiger partial charge >= 0.3 is 6.18 Å². The van der Waals surface area contributed by atoms with Gasteiger partial charge in [-0.2, -0.15) is 18.4 Å². The first-order valence-electron chi connectivity index (χ1n) is 7.02. The molecule has 124 valence electrons. The largest absolute Gasteiger partial charge is 0.416 e. The van der Waals surface area contributed by atoms with Gasteiger partial charge in [0.2, 0.25) is 0 Å². The zero-order valence-corrected chi connectivity index (χ0v) is 13.5. The molecule has 2 rings (SSSR count). The van der Waals surface area contributed by atoms with E-state index in [0.717, 1.165) is 28.3 Å². The number of nitrogens with zero attached hydrogens (tertiary/aromatic N) is 1. The molecule has 1 heterocycles. The molecule has 3 nitrogen and oxygen atoms in total. The van der Waals surface area contributed by atoms with Crippen LogP contribution in [0, 0.1) is 11.3 Å². The Morgan fingerprint density at radius 2 is 2.08 bits per heavy atom. The van der Waals surface area contributed by atoms with Crippen LogP contribution in [0.3, 0.4) is 0 Å². The summed E-state index contributed by atoms with van der Waals surface area (Å²) in [4.78, 5) is 14.0. The fraction of sp³-hybridized carbons (Fsp3) is 0.176. The predicted molar refractivity (Wildman–Crippen MR) is 87.4 cm³/mol. The number of alkyl halides is 3. The fourth-order valence-corrected chi connectivity index (χ4v) is 2.82. The number of carbonyl (C=O) groups excluding carboxylic acids is 1. The molecule has 2 aromatic rings. The summed E-state index contributed by atoms with van der Waals surface area (Å²) in [6.45, 7) is 1.99. The normalized spacial score (nSPS) is 11.9. The van der Waals surface area contributed by atoms with Crippen molar-refractivity contribution in [2.75, 3.05) is 5.32 Å². The molecular weight excluding hydrogens is 337 g/mol. The summed E-state index contributed by atoms with van der Waals surface area (Å²) in [5.74, 6) is -0.747. The molecule has 0 unspecified atom stereocenters. The molecule has 0 spiro atoms. The molecule has 1 N–H and O–H groups in total. The van der Waals surface area contributed by atoms with Crippen LogP contribution in [0.1, 0.15) is 22.2 Å². The van der Waals surface area contributed by atoms with Gasteiger partial charge in [-0.05, 0) is 42.8 Å². The monoisotopic (exact) mass is 350 g/mol. The van der Waals surface area contributed by atoms with Crippen molar-refractivity contribution in [2.45, 2.75) is 19.5 Å². The Bertz CT molecular complexity index is 816. The number of nitrogens with one attached hydrogen (secondary N) is 1. The molecule has 1 aromatic carbocycles. The van der Waals surface area contributed by atoms with Gasteiger partial charge in [0.15, 0.2) is 0 Å². The summed E-state index contributed by atoms with van der Waals surface area (Å²) < 4.78 is 38.0. The molecule has 0 saturated carbocycles. The van der Waals surface area contributed by atoms with Crippen LogP contribution in [-0.4, -0.2) is 5.91 Å². The molecule has 0 atom stereocenters. The van der Waals surface area contributed by atoms with E-state index in [1.54, 1.807) is 12.1 Å². The van der Waals surface area contributed by atoms with Gasteiger partial charge in [-0.1, -0.05) is 13.0 Å². The van der Waals surface area contributed by atoms with E-state index in [0.29, 0.717) is 0 Å². The highest BCUT2D eigenvalue weighted by molar-refractivity contribution is 7.12. The average molecular weight is 350 g/mol. The van der Waals surface area contributed by atoms with Crippen LogP contribution in [-0.2, 0) is 17.4 Å². The van der Waals surface area contributed by atoms with Gasteiger partial charge in [0.05, 0.1) is 5.56 Å². The van der Waals surface area contributed by atoms with E-state index in [2.05, 4.69) is 5.32 Å². The molecule has 0 bridgehead atoms. The van der Waals surface area contributed by atoms with E-state index in [4.69, 9.17) is 5.26 Å². The van der Waals surface area contributed by atoms with E-state index in [-0.39, 0.29) is 11.3 Å². The quantitative estimate of drug-likeness (QED) is 0.631. The Hall–Kier alpha value is -2.59. The molecule has 0 saturated heterocycles. The maximum Gasteiger partial charge on any atom is 0.416 e. The zero-order chi connectivity index (χ0) is 17.7. The van der Waals surface area contributed by atoms with Crippen molar-refractivity contribution in [3.63, 3.8) is 0 Å². The second kappa shape index (κ2) is 7.32. The van der Waals surface area contributed by atoms with Gasteiger partial charge in [0, 0.05) is 15.4 Å². The number of halogens is 3. The van der Waals surface area contributed by atoms with Crippen molar-refractivity contribution in [1.29, 1.82) is 5.26 Å². The van der Waals surface area contributed by atoms with Crippen molar-refractivity contribution >= 4 is 29.0 Å². The summed E-state index contributed by atoms with van der Waals surface area (Å²) in [5.41, 5.74) is -1.05. The third kappa shape index (κ3) is 4.46. The highest BCUT2D eigenvalue weighted by Crippen LogP contribution is 2.30. The number of benzene rings is 1. The lowest BCUT2D eigenvalue weighted by molar-refractivity contribution is -0.137. The lowest BCUT2D eigenvalue weighted by Crippen LogP contribution is -2.14. The predicted octanol–water partition coefficient (Wildman–Crippen LogP) is 4.87. The second-order valence-electron chi connectivity index (χ2n) is 4.86. The lowest BCUT2D eigenvalue weighted by atomic mass is 10.1. The van der Waals surface area contributed by atoms with Crippen LogP contribution in [0.15, 0.2) is 42.0 Å². The average Bonchev–Trinajstić information content (AvgIpc) is 2.99. The molecule has 1 amide bonds. The van der Waals surface area contributed by atoms with Gasteiger partial charge in [-0.3, -0.25) is 4.79 Å². The number of amides is 1. The number of nitriles is 1. The van der Waals surface area contributed by atoms with Gasteiger partial charge < -0.3 is 5.32 Å². The first kappa shape index (κ1) is 17.8. The Morgan fingerprint density at radius 3 is 2.67 bits per heavy atom. The third-order valence-corrected chi connectivity index (χ3v) is 4.31. The minimum absolute atomic E-state index is 0.0172. The van der Waals surface area contributed by atoms with Crippen LogP contribution >= 0.6 is 11.3 Å². The number of anilines is 1. The van der Waals surface area contributed by atoms with E-state index in [1.807, 2.05) is 13.0 Å². The third-order valence-electron chi connectivity index (χ3n) is 3.13. The Kier molecular flexibility index (Phi) is 5.42. The SMILES string of the molecule is CCc1ccc(/C=C(\C#N)C(=O)Nc2cccc(C(F)(F)F)c2)s1. The number of carbonyl (C=O) groups is 1. The minimum atomic E-state index is -4.50. The van der Waals surface area contributed by atoms with E-state index in [1.165, 1.54) is 29.5 Å². The maximum atomic E-state index is 12.7. The molecule has 24 heavy (non-hydrogen) atoms. The number of thiophene rings is 1. The van der Waals surface area contributed by atoms with E-state index >= 15 is 0 Å². The van der Waals surface area contributed by atoms with E-state index in [9.17, 15) is 18.0 Å². The second-order valence-corrected chi connectivity index (χ2v) is 6.06. The van der Waals surface area contributed by atoms with E-state index < -0.39 is 17.6 Å². The number of aryl methyl sites for hydroxylation is 1. The molecule has 0 aliphatic carbocycles. The van der Waals surface area contributed by atoms with Crippen LogP contribution in [0.2, 0.25) is 0 Å². The standard InChI is InChI=1S/C17H13F3N2OS/c1-2-14-6-7-15(24-14)8-11(10-21)16(23)22-13-5-3-4-12(9-13)17(18,19)20/h3-9H,2H2,1H3,(H,22,23)/b11-8+. The zero-order valence-electron chi connectivity index (χ0n) is 12.6. The summed E-state index contributed by atoms with van der Waals surface area (Å²) in [6.07, 6.45) is -2.23. The first-order chi connectivity index (χ1) is 11.3. The summed E-state index contributed by atoms with van der Waals surface area (Å²) in [7, 11) is 0. The van der Waals surface area contributed by atoms with Gasteiger partial charge in [-0.15, -0.1) is 11.3 Å². The molecular formula is C17H13F3N2OS. The molecule has 1 aromatic heterocycles. The van der Waals surface area contributed by atoms with Gasteiger partial charge in [0.25, 0.3) is 5.91 Å². The summed E-state index contributed by atoms with van der Waals surface area (Å²) >= 11 is 1.45. The van der Waals surface area contributed by atoms with Crippen molar-refractivity contribution in [1.82, 2.24) is 0 Å². The van der Waals surface area contributed by atoms with Crippen molar-refractivity contribution in [3.8, 4) is 6.07 Å².